The molecule has 1 aromatic rings. The largest absolute Gasteiger partial charge is 0.490 e. The highest BCUT2D eigenvalue weighted by molar-refractivity contribution is 5.98. The van der Waals surface area contributed by atoms with E-state index in [1.807, 2.05) is 19.9 Å². The molecule has 1 aliphatic heterocycles. The molecular formula is C13H19N3O2. The van der Waals surface area contributed by atoms with Crippen LogP contribution in [0, 0.1) is 19.3 Å². The predicted octanol–water partition coefficient (Wildman–Crippen LogP) is 1.54. The van der Waals surface area contributed by atoms with Crippen molar-refractivity contribution in [3.8, 4) is 5.75 Å². The summed E-state index contributed by atoms with van der Waals surface area (Å²) in [6.45, 7) is 5.05. The van der Waals surface area contributed by atoms with E-state index in [4.69, 9.17) is 20.6 Å². The highest BCUT2D eigenvalue weighted by atomic mass is 16.5. The van der Waals surface area contributed by atoms with E-state index >= 15 is 0 Å². The third kappa shape index (κ3) is 2.79. The highest BCUT2D eigenvalue weighted by Gasteiger charge is 2.18. The second kappa shape index (κ2) is 5.35. The monoisotopic (exact) mass is 249 g/mol. The van der Waals surface area contributed by atoms with Crippen LogP contribution in [0.15, 0.2) is 6.07 Å². The molecule has 5 heteroatoms. The van der Waals surface area contributed by atoms with Crippen LogP contribution < -0.4 is 10.5 Å². The van der Waals surface area contributed by atoms with E-state index in [9.17, 15) is 0 Å². The van der Waals surface area contributed by atoms with Gasteiger partial charge in [0.05, 0.1) is 17.4 Å². The average molecular weight is 249 g/mol. The van der Waals surface area contributed by atoms with Crippen molar-refractivity contribution in [1.29, 1.82) is 5.41 Å². The van der Waals surface area contributed by atoms with Crippen molar-refractivity contribution in [2.75, 3.05) is 13.2 Å². The van der Waals surface area contributed by atoms with Gasteiger partial charge < -0.3 is 15.2 Å². The standard InChI is InChI=1S/C13H19N3O2/c1-8-6-11(12(13(14)15)9(2)16-8)18-7-10-4-3-5-17-10/h6,10H,3-5,7H2,1-2H3,(H3,14,15). The molecule has 1 aliphatic rings. The summed E-state index contributed by atoms with van der Waals surface area (Å²) in [5.41, 5.74) is 7.75. The molecule has 0 aromatic carbocycles. The third-order valence-corrected chi connectivity index (χ3v) is 3.01. The van der Waals surface area contributed by atoms with Crippen LogP contribution in [-0.4, -0.2) is 30.1 Å². The van der Waals surface area contributed by atoms with Gasteiger partial charge in [-0.1, -0.05) is 0 Å². The Labute approximate surface area is 107 Å². The van der Waals surface area contributed by atoms with Crippen LogP contribution in [0.5, 0.6) is 5.75 Å². The second-order valence-corrected chi connectivity index (χ2v) is 4.58. The summed E-state index contributed by atoms with van der Waals surface area (Å²) in [6.07, 6.45) is 2.26. The SMILES string of the molecule is Cc1cc(OCC2CCCO2)c(C(=N)N)c(C)n1. The van der Waals surface area contributed by atoms with E-state index < -0.39 is 0 Å². The molecule has 2 heterocycles. The van der Waals surface area contributed by atoms with Gasteiger partial charge in [-0.25, -0.2) is 0 Å². The minimum absolute atomic E-state index is 0.0117. The number of nitrogens with two attached hydrogens (primary N) is 1. The van der Waals surface area contributed by atoms with Crippen molar-refractivity contribution in [2.45, 2.75) is 32.8 Å². The lowest BCUT2D eigenvalue weighted by Crippen LogP contribution is -2.20. The van der Waals surface area contributed by atoms with Crippen molar-refractivity contribution < 1.29 is 9.47 Å². The molecule has 1 unspecified atom stereocenters. The van der Waals surface area contributed by atoms with Crippen LogP contribution in [0.4, 0.5) is 0 Å². The van der Waals surface area contributed by atoms with Crippen molar-refractivity contribution in [3.63, 3.8) is 0 Å². The fourth-order valence-electron chi connectivity index (χ4n) is 2.19. The Morgan fingerprint density at radius 2 is 2.39 bits per heavy atom. The van der Waals surface area contributed by atoms with Crippen LogP contribution >= 0.6 is 0 Å². The molecule has 0 radical (unpaired) electrons. The number of ether oxygens (including phenoxy) is 2. The van der Waals surface area contributed by atoms with Gasteiger partial charge in [0, 0.05) is 18.4 Å². The van der Waals surface area contributed by atoms with Crippen LogP contribution in [0.2, 0.25) is 0 Å². The Kier molecular flexibility index (Phi) is 3.81. The Bertz CT molecular complexity index is 454. The molecular weight excluding hydrogens is 230 g/mol. The zero-order valence-corrected chi connectivity index (χ0v) is 10.8. The first-order chi connectivity index (χ1) is 8.58. The van der Waals surface area contributed by atoms with Crippen molar-refractivity contribution in [3.05, 3.63) is 23.0 Å². The van der Waals surface area contributed by atoms with E-state index in [1.165, 1.54) is 0 Å². The first kappa shape index (κ1) is 12.8. The number of aromatic nitrogens is 1. The van der Waals surface area contributed by atoms with Crippen molar-refractivity contribution in [1.82, 2.24) is 4.98 Å². The summed E-state index contributed by atoms with van der Waals surface area (Å²) in [5.74, 6) is 0.616. The molecule has 0 amide bonds. The topological polar surface area (TPSA) is 81.2 Å². The highest BCUT2D eigenvalue weighted by Crippen LogP contribution is 2.23. The first-order valence-electron chi connectivity index (χ1n) is 6.15. The van der Waals surface area contributed by atoms with Crippen LogP contribution in [0.25, 0.3) is 0 Å². The molecule has 1 aromatic heterocycles. The summed E-state index contributed by atoms with van der Waals surface area (Å²) in [5, 5.41) is 7.60. The zero-order valence-electron chi connectivity index (χ0n) is 10.8. The van der Waals surface area contributed by atoms with Crippen LogP contribution in [0.3, 0.4) is 0 Å². The number of nitrogens with zero attached hydrogens (tertiary/aromatic N) is 1. The maximum atomic E-state index is 7.60. The molecule has 0 bridgehead atoms. The summed E-state index contributed by atoms with van der Waals surface area (Å²) in [4.78, 5) is 4.30. The van der Waals surface area contributed by atoms with Gasteiger partial charge >= 0.3 is 0 Å². The van der Waals surface area contributed by atoms with Gasteiger partial charge in [-0.3, -0.25) is 10.4 Å². The number of nitrogens with one attached hydrogen (secondary N) is 1. The number of amidine groups is 1. The van der Waals surface area contributed by atoms with E-state index in [1.54, 1.807) is 0 Å². The molecule has 1 saturated heterocycles. The van der Waals surface area contributed by atoms with Crippen LogP contribution in [-0.2, 0) is 4.74 Å². The third-order valence-electron chi connectivity index (χ3n) is 3.01. The summed E-state index contributed by atoms with van der Waals surface area (Å²) < 4.78 is 11.3. The zero-order chi connectivity index (χ0) is 13.1. The number of rotatable bonds is 4. The van der Waals surface area contributed by atoms with E-state index in [0.29, 0.717) is 17.9 Å². The molecule has 5 nitrogen and oxygen atoms in total. The van der Waals surface area contributed by atoms with E-state index in [-0.39, 0.29) is 11.9 Å². The summed E-state index contributed by atoms with van der Waals surface area (Å²) in [7, 11) is 0. The Balaban J connectivity index is 2.16. The van der Waals surface area contributed by atoms with Crippen molar-refractivity contribution in [2.24, 2.45) is 5.73 Å². The lowest BCUT2D eigenvalue weighted by molar-refractivity contribution is 0.0678. The van der Waals surface area contributed by atoms with Gasteiger partial charge in [0.15, 0.2) is 0 Å². The number of hydrogen-bond acceptors (Lipinski definition) is 4. The van der Waals surface area contributed by atoms with Gasteiger partial charge in [0.1, 0.15) is 18.2 Å². The smallest absolute Gasteiger partial charge is 0.133 e. The molecule has 1 fully saturated rings. The lowest BCUT2D eigenvalue weighted by atomic mass is 10.1. The lowest BCUT2D eigenvalue weighted by Gasteiger charge is -2.16. The van der Waals surface area contributed by atoms with Gasteiger partial charge in [-0.2, -0.15) is 0 Å². The maximum absolute atomic E-state index is 7.60. The van der Waals surface area contributed by atoms with Crippen molar-refractivity contribution >= 4 is 5.84 Å². The number of nitrogen functional groups attached to an aromatic ring is 1. The molecule has 1 atom stereocenters. The Morgan fingerprint density at radius 1 is 1.61 bits per heavy atom. The van der Waals surface area contributed by atoms with Gasteiger partial charge in [-0.05, 0) is 26.7 Å². The summed E-state index contributed by atoms with van der Waals surface area (Å²) >= 11 is 0. The van der Waals surface area contributed by atoms with Gasteiger partial charge in [0.2, 0.25) is 0 Å². The molecule has 18 heavy (non-hydrogen) atoms. The molecule has 0 spiro atoms. The Hall–Kier alpha value is -1.62. The minimum atomic E-state index is -0.0117. The van der Waals surface area contributed by atoms with Gasteiger partial charge in [-0.15, -0.1) is 0 Å². The fraction of sp³-hybridized carbons (Fsp3) is 0.538. The Morgan fingerprint density at radius 3 is 3.00 bits per heavy atom. The number of aryl methyl sites for hydroxylation is 2. The molecule has 0 aliphatic carbocycles. The fourth-order valence-corrected chi connectivity index (χ4v) is 2.19. The predicted molar refractivity (Wildman–Crippen MR) is 69.2 cm³/mol. The normalized spacial score (nSPS) is 18.9. The number of pyridine rings is 1. The van der Waals surface area contributed by atoms with E-state index in [2.05, 4.69) is 4.98 Å². The van der Waals surface area contributed by atoms with Gasteiger partial charge in [0.25, 0.3) is 0 Å². The quantitative estimate of drug-likeness (QED) is 0.626. The molecule has 3 N–H and O–H groups in total. The minimum Gasteiger partial charge on any atom is -0.490 e. The second-order valence-electron chi connectivity index (χ2n) is 4.58. The van der Waals surface area contributed by atoms with E-state index in [0.717, 1.165) is 30.8 Å². The molecule has 2 rings (SSSR count). The summed E-state index contributed by atoms with van der Waals surface area (Å²) in [6, 6.07) is 1.82. The first-order valence-corrected chi connectivity index (χ1v) is 6.15. The maximum Gasteiger partial charge on any atom is 0.133 e. The number of hydrogen-bond donors (Lipinski definition) is 2. The van der Waals surface area contributed by atoms with Crippen LogP contribution in [0.1, 0.15) is 29.8 Å². The molecule has 98 valence electrons. The molecule has 0 saturated carbocycles. The average Bonchev–Trinajstić information content (AvgIpc) is 2.77.